The van der Waals surface area contributed by atoms with E-state index in [4.69, 9.17) is 4.42 Å². The first-order valence-corrected chi connectivity index (χ1v) is 8.10. The van der Waals surface area contributed by atoms with Gasteiger partial charge in [-0.3, -0.25) is 9.59 Å². The van der Waals surface area contributed by atoms with Crippen LogP contribution in [0.4, 0.5) is 5.69 Å². The van der Waals surface area contributed by atoms with Gasteiger partial charge in [0.2, 0.25) is 0 Å². The molecule has 2 heterocycles. The molecule has 1 aliphatic rings. The first-order valence-electron chi connectivity index (χ1n) is 8.10. The Morgan fingerprint density at radius 3 is 2.76 bits per heavy atom. The summed E-state index contributed by atoms with van der Waals surface area (Å²) in [5.41, 5.74) is 2.01. The first-order chi connectivity index (χ1) is 11.6. The maximum absolute atomic E-state index is 12.4. The van der Waals surface area contributed by atoms with Crippen molar-refractivity contribution in [2.45, 2.75) is 25.8 Å². The Balaban J connectivity index is 0.00000225. The van der Waals surface area contributed by atoms with Crippen LogP contribution in [0, 0.1) is 6.92 Å². The highest BCUT2D eigenvalue weighted by atomic mass is 35.5. The average molecular weight is 364 g/mol. The van der Waals surface area contributed by atoms with Gasteiger partial charge in [0.15, 0.2) is 5.76 Å². The second-order valence-electron chi connectivity index (χ2n) is 5.98. The Labute approximate surface area is 152 Å². The summed E-state index contributed by atoms with van der Waals surface area (Å²) in [5, 5.41) is 9.09. The lowest BCUT2D eigenvalue weighted by Crippen LogP contribution is -2.45. The maximum Gasteiger partial charge on any atom is 0.291 e. The third kappa shape index (κ3) is 4.84. The lowest BCUT2D eigenvalue weighted by Gasteiger charge is -2.24. The lowest BCUT2D eigenvalue weighted by atomic mass is 10.1. The predicted octanol–water partition coefficient (Wildman–Crippen LogP) is 2.74. The molecule has 3 rings (SSSR count). The van der Waals surface area contributed by atoms with Crippen molar-refractivity contribution in [2.75, 3.05) is 18.4 Å². The fourth-order valence-electron chi connectivity index (χ4n) is 2.73. The van der Waals surface area contributed by atoms with Crippen molar-refractivity contribution in [1.82, 2.24) is 10.6 Å². The standard InChI is InChI=1S/C18H21N3O3.ClH/c1-12-6-7-13(17(22)20-14-4-2-8-19-11-14)10-15(12)21-18(23)16-5-3-9-24-16;/h3,5-7,9-10,14,19H,2,4,8,11H2,1H3,(H,20,22)(H,21,23);1H/t14-;/m0./s1. The van der Waals surface area contributed by atoms with E-state index in [2.05, 4.69) is 16.0 Å². The van der Waals surface area contributed by atoms with Crippen LogP contribution in [0.5, 0.6) is 0 Å². The van der Waals surface area contributed by atoms with Gasteiger partial charge in [-0.15, -0.1) is 12.4 Å². The van der Waals surface area contributed by atoms with Crippen LogP contribution >= 0.6 is 12.4 Å². The van der Waals surface area contributed by atoms with Gasteiger partial charge < -0.3 is 20.4 Å². The highest BCUT2D eigenvalue weighted by Gasteiger charge is 2.17. The number of hydrogen-bond donors (Lipinski definition) is 3. The molecule has 2 aromatic rings. The van der Waals surface area contributed by atoms with Crippen LogP contribution in [0.15, 0.2) is 41.0 Å². The topological polar surface area (TPSA) is 83.4 Å². The SMILES string of the molecule is Cc1ccc(C(=O)N[C@H]2CCCNC2)cc1NC(=O)c1ccco1.Cl. The summed E-state index contributed by atoms with van der Waals surface area (Å²) in [4.78, 5) is 24.5. The monoisotopic (exact) mass is 363 g/mol. The Hall–Kier alpha value is -2.31. The molecule has 1 aromatic heterocycles. The van der Waals surface area contributed by atoms with Gasteiger partial charge in [-0.05, 0) is 56.1 Å². The van der Waals surface area contributed by atoms with E-state index in [1.807, 2.05) is 13.0 Å². The highest BCUT2D eigenvalue weighted by Crippen LogP contribution is 2.18. The minimum atomic E-state index is -0.336. The van der Waals surface area contributed by atoms with Gasteiger partial charge in [0.05, 0.1) is 6.26 Å². The molecule has 0 saturated carbocycles. The van der Waals surface area contributed by atoms with Crippen LogP contribution in [0.3, 0.4) is 0 Å². The molecule has 0 bridgehead atoms. The summed E-state index contributed by atoms with van der Waals surface area (Å²) < 4.78 is 5.09. The molecule has 1 atom stereocenters. The summed E-state index contributed by atoms with van der Waals surface area (Å²) in [6, 6.07) is 8.69. The molecular formula is C18H22ClN3O3. The molecule has 134 valence electrons. The number of carbonyl (C=O) groups is 2. The molecule has 1 saturated heterocycles. The van der Waals surface area contributed by atoms with Crippen LogP contribution in [-0.2, 0) is 0 Å². The van der Waals surface area contributed by atoms with E-state index in [1.165, 1.54) is 6.26 Å². The van der Waals surface area contributed by atoms with Crippen molar-refractivity contribution in [3.63, 3.8) is 0 Å². The summed E-state index contributed by atoms with van der Waals surface area (Å²) in [7, 11) is 0. The molecule has 1 aliphatic heterocycles. The number of hydrogen-bond acceptors (Lipinski definition) is 4. The minimum absolute atomic E-state index is 0. The molecule has 0 radical (unpaired) electrons. The number of nitrogens with one attached hydrogen (secondary N) is 3. The van der Waals surface area contributed by atoms with Crippen LogP contribution in [0.1, 0.15) is 39.3 Å². The summed E-state index contributed by atoms with van der Waals surface area (Å²) >= 11 is 0. The van der Waals surface area contributed by atoms with Crippen molar-refractivity contribution in [2.24, 2.45) is 0 Å². The molecule has 6 nitrogen and oxygen atoms in total. The van der Waals surface area contributed by atoms with Crippen molar-refractivity contribution < 1.29 is 14.0 Å². The van der Waals surface area contributed by atoms with E-state index in [0.29, 0.717) is 11.3 Å². The molecule has 3 N–H and O–H groups in total. The zero-order valence-corrected chi connectivity index (χ0v) is 14.8. The fraction of sp³-hybridized carbons (Fsp3) is 0.333. The van der Waals surface area contributed by atoms with E-state index < -0.39 is 0 Å². The van der Waals surface area contributed by atoms with Gasteiger partial charge in [-0.1, -0.05) is 6.07 Å². The van der Waals surface area contributed by atoms with Crippen molar-refractivity contribution in [3.05, 3.63) is 53.5 Å². The predicted molar refractivity (Wildman–Crippen MR) is 98.4 cm³/mol. The van der Waals surface area contributed by atoms with Crippen LogP contribution in [-0.4, -0.2) is 30.9 Å². The number of benzene rings is 1. The minimum Gasteiger partial charge on any atom is -0.459 e. The van der Waals surface area contributed by atoms with E-state index in [0.717, 1.165) is 31.5 Å². The van der Waals surface area contributed by atoms with Crippen molar-refractivity contribution in [1.29, 1.82) is 0 Å². The quantitative estimate of drug-likeness (QED) is 0.780. The zero-order valence-electron chi connectivity index (χ0n) is 14.0. The van der Waals surface area contributed by atoms with Gasteiger partial charge in [-0.2, -0.15) is 0 Å². The van der Waals surface area contributed by atoms with Gasteiger partial charge in [0.1, 0.15) is 0 Å². The van der Waals surface area contributed by atoms with E-state index in [-0.39, 0.29) is 36.0 Å². The Morgan fingerprint density at radius 1 is 1.24 bits per heavy atom. The summed E-state index contributed by atoms with van der Waals surface area (Å²) in [5.74, 6) is -0.230. The smallest absolute Gasteiger partial charge is 0.291 e. The molecule has 0 aliphatic carbocycles. The summed E-state index contributed by atoms with van der Waals surface area (Å²) in [6.45, 7) is 3.67. The molecule has 1 fully saturated rings. The molecule has 1 aromatic carbocycles. The van der Waals surface area contributed by atoms with E-state index in [9.17, 15) is 9.59 Å². The van der Waals surface area contributed by atoms with Crippen LogP contribution in [0.2, 0.25) is 0 Å². The molecule has 0 spiro atoms. The number of piperidine rings is 1. The Morgan fingerprint density at radius 2 is 2.08 bits per heavy atom. The van der Waals surface area contributed by atoms with E-state index >= 15 is 0 Å². The number of aryl methyl sites for hydroxylation is 1. The average Bonchev–Trinajstić information content (AvgIpc) is 3.12. The van der Waals surface area contributed by atoms with Gasteiger partial charge in [0, 0.05) is 23.8 Å². The van der Waals surface area contributed by atoms with Crippen LogP contribution in [0.25, 0.3) is 0 Å². The van der Waals surface area contributed by atoms with Crippen molar-refractivity contribution in [3.8, 4) is 0 Å². The Bertz CT molecular complexity index is 725. The number of halogens is 1. The van der Waals surface area contributed by atoms with Crippen LogP contribution < -0.4 is 16.0 Å². The van der Waals surface area contributed by atoms with Gasteiger partial charge in [-0.25, -0.2) is 0 Å². The largest absolute Gasteiger partial charge is 0.459 e. The number of amides is 2. The molecule has 2 amide bonds. The third-order valence-corrected chi connectivity index (χ3v) is 4.13. The second kappa shape index (κ2) is 8.69. The number of carbonyl (C=O) groups excluding carboxylic acids is 2. The normalized spacial score (nSPS) is 16.6. The first kappa shape index (κ1) is 19.0. The van der Waals surface area contributed by atoms with Gasteiger partial charge in [0.25, 0.3) is 11.8 Å². The van der Waals surface area contributed by atoms with E-state index in [1.54, 1.807) is 24.3 Å². The Kier molecular flexibility index (Phi) is 6.61. The molecule has 0 unspecified atom stereocenters. The fourth-order valence-corrected chi connectivity index (χ4v) is 2.73. The zero-order chi connectivity index (χ0) is 16.9. The van der Waals surface area contributed by atoms with Crippen molar-refractivity contribution >= 4 is 29.9 Å². The number of furan rings is 1. The maximum atomic E-state index is 12.4. The molecule has 25 heavy (non-hydrogen) atoms. The molecule has 7 heteroatoms. The molecular weight excluding hydrogens is 342 g/mol. The number of rotatable bonds is 4. The highest BCUT2D eigenvalue weighted by molar-refractivity contribution is 6.04. The third-order valence-electron chi connectivity index (χ3n) is 4.13. The lowest BCUT2D eigenvalue weighted by molar-refractivity contribution is 0.0929. The van der Waals surface area contributed by atoms with Gasteiger partial charge >= 0.3 is 0 Å². The second-order valence-corrected chi connectivity index (χ2v) is 5.98. The number of anilines is 1. The summed E-state index contributed by atoms with van der Waals surface area (Å²) in [6.07, 6.45) is 3.49.